The summed E-state index contributed by atoms with van der Waals surface area (Å²) in [6.07, 6.45) is 0. The number of halogens is 1. The Labute approximate surface area is 176 Å². The summed E-state index contributed by atoms with van der Waals surface area (Å²) >= 11 is 0. The number of aromatic hydroxyl groups is 1. The molecular formula is C24H17FN2O4. The number of pyridine rings is 1. The summed E-state index contributed by atoms with van der Waals surface area (Å²) in [5, 5.41) is 12.6. The van der Waals surface area contributed by atoms with Gasteiger partial charge in [0, 0.05) is 16.6 Å². The van der Waals surface area contributed by atoms with Gasteiger partial charge < -0.3 is 15.2 Å². The van der Waals surface area contributed by atoms with E-state index in [-0.39, 0.29) is 17.0 Å². The maximum absolute atomic E-state index is 13.2. The highest BCUT2D eigenvalue weighted by molar-refractivity contribution is 6.05. The Kier molecular flexibility index (Phi) is 5.57. The number of amides is 1. The van der Waals surface area contributed by atoms with Gasteiger partial charge in [0.2, 0.25) is 0 Å². The highest BCUT2D eigenvalue weighted by Crippen LogP contribution is 2.26. The van der Waals surface area contributed by atoms with Gasteiger partial charge >= 0.3 is 5.97 Å². The van der Waals surface area contributed by atoms with Crippen molar-refractivity contribution >= 4 is 28.5 Å². The largest absolute Gasteiger partial charge is 0.508 e. The van der Waals surface area contributed by atoms with Gasteiger partial charge in [-0.25, -0.2) is 14.2 Å². The maximum Gasteiger partial charge on any atom is 0.339 e. The molecule has 1 aromatic heterocycles. The average Bonchev–Trinajstić information content (AvgIpc) is 2.77. The Hall–Kier alpha value is -4.26. The first-order chi connectivity index (χ1) is 15.0. The lowest BCUT2D eigenvalue weighted by Crippen LogP contribution is -2.21. The molecule has 154 valence electrons. The average molecular weight is 416 g/mol. The molecule has 0 aliphatic carbocycles. The first-order valence-electron chi connectivity index (χ1n) is 9.41. The number of aromatic nitrogens is 1. The normalized spacial score (nSPS) is 10.6. The van der Waals surface area contributed by atoms with Crippen LogP contribution in [0.5, 0.6) is 5.75 Å². The minimum absolute atomic E-state index is 0.119. The lowest BCUT2D eigenvalue weighted by molar-refractivity contribution is -0.119. The number of anilines is 1. The Morgan fingerprint density at radius 2 is 1.74 bits per heavy atom. The number of phenolic OH excluding ortho intramolecular Hbond substituents is 1. The van der Waals surface area contributed by atoms with E-state index in [2.05, 4.69) is 10.3 Å². The molecule has 0 saturated carbocycles. The fraction of sp³-hybridized carbons (Fsp3) is 0.0417. The van der Waals surface area contributed by atoms with Crippen LogP contribution in [0.1, 0.15) is 10.4 Å². The third kappa shape index (κ3) is 4.67. The molecule has 0 atom stereocenters. The van der Waals surface area contributed by atoms with Crippen molar-refractivity contribution in [2.24, 2.45) is 0 Å². The summed E-state index contributed by atoms with van der Waals surface area (Å²) < 4.78 is 18.4. The number of para-hydroxylation sites is 1. The van der Waals surface area contributed by atoms with E-state index in [1.807, 2.05) is 0 Å². The van der Waals surface area contributed by atoms with Crippen LogP contribution < -0.4 is 5.32 Å². The molecule has 0 unspecified atom stereocenters. The SMILES string of the molecule is O=C(COC(=O)c1cc(-c2ccc(O)cc2)nc2ccccc12)Nc1cccc(F)c1. The summed E-state index contributed by atoms with van der Waals surface area (Å²) in [5.74, 6) is -1.64. The number of rotatable bonds is 5. The van der Waals surface area contributed by atoms with E-state index in [0.29, 0.717) is 22.2 Å². The van der Waals surface area contributed by atoms with Gasteiger partial charge in [0.15, 0.2) is 6.61 Å². The number of carbonyl (C=O) groups excluding carboxylic acids is 2. The lowest BCUT2D eigenvalue weighted by Gasteiger charge is -2.10. The number of benzene rings is 3. The predicted octanol–water partition coefficient (Wildman–Crippen LogP) is 4.54. The van der Waals surface area contributed by atoms with Gasteiger partial charge in [0.05, 0.1) is 16.8 Å². The van der Waals surface area contributed by atoms with Gasteiger partial charge in [0.1, 0.15) is 11.6 Å². The summed E-state index contributed by atoms with van der Waals surface area (Å²) in [6.45, 7) is -0.527. The molecule has 0 bridgehead atoms. The van der Waals surface area contributed by atoms with Crippen molar-refractivity contribution in [2.75, 3.05) is 11.9 Å². The third-order valence-corrected chi connectivity index (χ3v) is 4.54. The minimum atomic E-state index is -0.687. The molecule has 1 heterocycles. The molecular weight excluding hydrogens is 399 g/mol. The predicted molar refractivity (Wildman–Crippen MR) is 114 cm³/mol. The molecule has 7 heteroatoms. The second-order valence-corrected chi connectivity index (χ2v) is 6.75. The number of nitrogens with one attached hydrogen (secondary N) is 1. The van der Waals surface area contributed by atoms with E-state index in [0.717, 1.165) is 0 Å². The molecule has 4 rings (SSSR count). The number of carbonyl (C=O) groups is 2. The van der Waals surface area contributed by atoms with E-state index >= 15 is 0 Å². The van der Waals surface area contributed by atoms with Crippen molar-refractivity contribution in [1.29, 1.82) is 0 Å². The zero-order valence-electron chi connectivity index (χ0n) is 16.2. The Balaban J connectivity index is 1.56. The molecule has 3 aromatic carbocycles. The first kappa shape index (κ1) is 20.0. The molecule has 0 radical (unpaired) electrons. The molecule has 4 aromatic rings. The van der Waals surface area contributed by atoms with Crippen LogP contribution in [0.25, 0.3) is 22.2 Å². The number of ether oxygens (including phenoxy) is 1. The summed E-state index contributed by atoms with van der Waals surface area (Å²) in [6, 6.07) is 20.5. The van der Waals surface area contributed by atoms with Crippen LogP contribution in [-0.4, -0.2) is 28.6 Å². The van der Waals surface area contributed by atoms with Crippen LogP contribution in [0.3, 0.4) is 0 Å². The molecule has 0 aliphatic heterocycles. The van der Waals surface area contributed by atoms with Gasteiger partial charge in [0.25, 0.3) is 5.91 Å². The van der Waals surface area contributed by atoms with Crippen LogP contribution in [0.15, 0.2) is 78.9 Å². The topological polar surface area (TPSA) is 88.5 Å². The second kappa shape index (κ2) is 8.62. The highest BCUT2D eigenvalue weighted by atomic mass is 19.1. The number of phenols is 1. The number of fused-ring (bicyclic) bond motifs is 1. The smallest absolute Gasteiger partial charge is 0.339 e. The molecule has 31 heavy (non-hydrogen) atoms. The second-order valence-electron chi connectivity index (χ2n) is 6.75. The van der Waals surface area contributed by atoms with Crippen molar-refractivity contribution in [2.45, 2.75) is 0 Å². The van der Waals surface area contributed by atoms with Crippen LogP contribution in [0.4, 0.5) is 10.1 Å². The van der Waals surface area contributed by atoms with Gasteiger partial charge in [-0.3, -0.25) is 4.79 Å². The number of nitrogens with zero attached hydrogens (tertiary/aromatic N) is 1. The van der Waals surface area contributed by atoms with Gasteiger partial charge in [-0.15, -0.1) is 0 Å². The van der Waals surface area contributed by atoms with Gasteiger partial charge in [-0.2, -0.15) is 0 Å². The number of hydrogen-bond acceptors (Lipinski definition) is 5. The van der Waals surface area contributed by atoms with Crippen molar-refractivity contribution in [3.05, 3.63) is 90.2 Å². The fourth-order valence-electron chi connectivity index (χ4n) is 3.10. The van der Waals surface area contributed by atoms with Gasteiger partial charge in [-0.05, 0) is 54.6 Å². The van der Waals surface area contributed by atoms with Crippen molar-refractivity contribution in [3.8, 4) is 17.0 Å². The summed E-state index contributed by atoms with van der Waals surface area (Å²) in [7, 11) is 0. The van der Waals surface area contributed by atoms with Crippen molar-refractivity contribution < 1.29 is 23.8 Å². The van der Waals surface area contributed by atoms with Gasteiger partial charge in [-0.1, -0.05) is 24.3 Å². The van der Waals surface area contributed by atoms with Crippen LogP contribution in [0, 0.1) is 5.82 Å². The molecule has 0 fully saturated rings. The van der Waals surface area contributed by atoms with E-state index in [9.17, 15) is 19.1 Å². The standard InChI is InChI=1S/C24H17FN2O4/c25-16-4-3-5-17(12-16)26-23(29)14-31-24(30)20-13-22(15-8-10-18(28)11-9-15)27-21-7-2-1-6-19(20)21/h1-13,28H,14H2,(H,26,29). The van der Waals surface area contributed by atoms with E-state index in [1.165, 1.54) is 36.4 Å². The first-order valence-corrected chi connectivity index (χ1v) is 9.41. The molecule has 2 N–H and O–H groups in total. The maximum atomic E-state index is 13.2. The van der Waals surface area contributed by atoms with Crippen molar-refractivity contribution in [1.82, 2.24) is 4.98 Å². The molecule has 1 amide bonds. The van der Waals surface area contributed by atoms with Crippen LogP contribution >= 0.6 is 0 Å². The van der Waals surface area contributed by atoms with E-state index in [1.54, 1.807) is 42.5 Å². The molecule has 0 spiro atoms. The summed E-state index contributed by atoms with van der Waals surface area (Å²) in [5.41, 5.74) is 2.35. The zero-order chi connectivity index (χ0) is 21.8. The number of hydrogen-bond donors (Lipinski definition) is 2. The molecule has 0 aliphatic rings. The fourth-order valence-corrected chi connectivity index (χ4v) is 3.10. The Bertz CT molecular complexity index is 1270. The number of esters is 1. The Morgan fingerprint density at radius 3 is 2.52 bits per heavy atom. The van der Waals surface area contributed by atoms with Crippen LogP contribution in [0.2, 0.25) is 0 Å². The quantitative estimate of drug-likeness (QED) is 0.466. The Morgan fingerprint density at radius 1 is 0.968 bits per heavy atom. The lowest BCUT2D eigenvalue weighted by atomic mass is 10.0. The molecule has 0 saturated heterocycles. The van der Waals surface area contributed by atoms with E-state index in [4.69, 9.17) is 4.74 Å². The summed E-state index contributed by atoms with van der Waals surface area (Å²) in [4.78, 5) is 29.4. The monoisotopic (exact) mass is 416 g/mol. The zero-order valence-corrected chi connectivity index (χ0v) is 16.2. The van der Waals surface area contributed by atoms with Crippen molar-refractivity contribution in [3.63, 3.8) is 0 Å². The molecule has 6 nitrogen and oxygen atoms in total. The highest BCUT2D eigenvalue weighted by Gasteiger charge is 2.17. The minimum Gasteiger partial charge on any atom is -0.508 e. The third-order valence-electron chi connectivity index (χ3n) is 4.54. The van der Waals surface area contributed by atoms with Crippen LogP contribution in [-0.2, 0) is 9.53 Å². The van der Waals surface area contributed by atoms with E-state index < -0.39 is 24.3 Å².